The van der Waals surface area contributed by atoms with E-state index in [9.17, 15) is 0 Å². The number of fused-ring (bicyclic) bond motifs is 1. The number of nitrogens with one attached hydrogen (secondary N) is 1. The lowest BCUT2D eigenvalue weighted by molar-refractivity contribution is 0.199. The Kier molecular flexibility index (Phi) is 3.60. The van der Waals surface area contributed by atoms with E-state index in [1.54, 1.807) is 0 Å². The molecule has 0 spiro atoms. The summed E-state index contributed by atoms with van der Waals surface area (Å²) in [5.74, 6) is 0.574. The SMILES string of the molecule is c1cnc2[nH]c([C@H]3CCCN(Cc4ccncc4)C3)cc2c1. The molecule has 112 valence electrons. The van der Waals surface area contributed by atoms with Crippen molar-refractivity contribution < 1.29 is 0 Å². The van der Waals surface area contributed by atoms with Gasteiger partial charge in [-0.1, -0.05) is 0 Å². The van der Waals surface area contributed by atoms with E-state index >= 15 is 0 Å². The lowest BCUT2D eigenvalue weighted by Crippen LogP contribution is -2.34. The number of likely N-dealkylation sites (tertiary alicyclic amines) is 1. The molecule has 4 heterocycles. The first-order valence-electron chi connectivity index (χ1n) is 7.93. The van der Waals surface area contributed by atoms with Crippen LogP contribution in [0.3, 0.4) is 0 Å². The van der Waals surface area contributed by atoms with Gasteiger partial charge in [-0.25, -0.2) is 4.98 Å². The van der Waals surface area contributed by atoms with E-state index in [1.807, 2.05) is 24.7 Å². The van der Waals surface area contributed by atoms with Crippen LogP contribution in [0.1, 0.15) is 30.0 Å². The van der Waals surface area contributed by atoms with Crippen molar-refractivity contribution in [3.8, 4) is 0 Å². The second-order valence-corrected chi connectivity index (χ2v) is 6.10. The molecule has 4 heteroatoms. The highest BCUT2D eigenvalue weighted by atomic mass is 15.1. The second kappa shape index (κ2) is 5.89. The van der Waals surface area contributed by atoms with E-state index in [1.165, 1.54) is 36.0 Å². The Morgan fingerprint density at radius 3 is 2.95 bits per heavy atom. The van der Waals surface area contributed by atoms with Gasteiger partial charge >= 0.3 is 0 Å². The van der Waals surface area contributed by atoms with Crippen molar-refractivity contribution in [2.24, 2.45) is 0 Å². The molecule has 0 bridgehead atoms. The third-order valence-corrected chi connectivity index (χ3v) is 4.51. The van der Waals surface area contributed by atoms with Crippen LogP contribution >= 0.6 is 0 Å². The monoisotopic (exact) mass is 292 g/mol. The van der Waals surface area contributed by atoms with Gasteiger partial charge in [0.25, 0.3) is 0 Å². The van der Waals surface area contributed by atoms with Crippen LogP contribution in [-0.2, 0) is 6.54 Å². The van der Waals surface area contributed by atoms with Crippen LogP contribution in [0.15, 0.2) is 48.9 Å². The summed E-state index contributed by atoms with van der Waals surface area (Å²) >= 11 is 0. The standard InChI is InChI=1S/C18H20N4/c1-3-15-11-17(21-18(15)20-7-1)16-4-2-10-22(13-16)12-14-5-8-19-9-6-14/h1,3,5-9,11,16H,2,4,10,12-13H2,(H,20,21)/t16-/m0/s1. The predicted molar refractivity (Wildman–Crippen MR) is 87.6 cm³/mol. The molecule has 1 saturated heterocycles. The van der Waals surface area contributed by atoms with Crippen molar-refractivity contribution in [2.75, 3.05) is 13.1 Å². The zero-order chi connectivity index (χ0) is 14.8. The third-order valence-electron chi connectivity index (χ3n) is 4.51. The Hall–Kier alpha value is -2.20. The molecule has 22 heavy (non-hydrogen) atoms. The minimum absolute atomic E-state index is 0.574. The van der Waals surface area contributed by atoms with Crippen LogP contribution < -0.4 is 0 Å². The number of nitrogens with zero attached hydrogens (tertiary/aromatic N) is 3. The molecule has 0 aliphatic carbocycles. The Balaban J connectivity index is 1.50. The summed E-state index contributed by atoms with van der Waals surface area (Å²) < 4.78 is 0. The maximum Gasteiger partial charge on any atom is 0.137 e. The van der Waals surface area contributed by atoms with Crippen molar-refractivity contribution in [1.29, 1.82) is 0 Å². The van der Waals surface area contributed by atoms with Crippen LogP contribution in [0.5, 0.6) is 0 Å². The van der Waals surface area contributed by atoms with Gasteiger partial charge in [0.05, 0.1) is 0 Å². The van der Waals surface area contributed by atoms with Gasteiger partial charge in [-0.15, -0.1) is 0 Å². The number of rotatable bonds is 3. The minimum atomic E-state index is 0.574. The van der Waals surface area contributed by atoms with Crippen LogP contribution in [0.4, 0.5) is 0 Å². The van der Waals surface area contributed by atoms with E-state index in [2.05, 4.69) is 44.1 Å². The Bertz CT molecular complexity index is 717. The van der Waals surface area contributed by atoms with Gasteiger partial charge < -0.3 is 4.98 Å². The molecule has 1 atom stereocenters. The number of piperidine rings is 1. The van der Waals surface area contributed by atoms with E-state index < -0.39 is 0 Å². The van der Waals surface area contributed by atoms with E-state index in [4.69, 9.17) is 0 Å². The number of hydrogen-bond donors (Lipinski definition) is 1. The average Bonchev–Trinajstić information content (AvgIpc) is 3.00. The molecule has 1 aliphatic heterocycles. The molecule has 4 rings (SSSR count). The van der Waals surface area contributed by atoms with Crippen molar-refractivity contribution >= 4 is 11.0 Å². The van der Waals surface area contributed by atoms with Crippen molar-refractivity contribution in [1.82, 2.24) is 19.9 Å². The van der Waals surface area contributed by atoms with Gasteiger partial charge in [-0.3, -0.25) is 9.88 Å². The molecule has 0 amide bonds. The van der Waals surface area contributed by atoms with Gasteiger partial charge in [-0.05, 0) is 55.3 Å². The number of aromatic amines is 1. The molecule has 0 saturated carbocycles. The number of H-pyrrole nitrogens is 1. The summed E-state index contributed by atoms with van der Waals surface area (Å²) in [5, 5.41) is 1.21. The molecule has 0 unspecified atom stereocenters. The fourth-order valence-electron chi connectivity index (χ4n) is 3.40. The normalized spacial score (nSPS) is 19.5. The van der Waals surface area contributed by atoms with Gasteiger partial charge in [0.1, 0.15) is 5.65 Å². The summed E-state index contributed by atoms with van der Waals surface area (Å²) in [6.07, 6.45) is 8.09. The van der Waals surface area contributed by atoms with Crippen LogP contribution in [-0.4, -0.2) is 32.9 Å². The van der Waals surface area contributed by atoms with Gasteiger partial charge in [0, 0.05) is 48.7 Å². The number of hydrogen-bond acceptors (Lipinski definition) is 3. The molecule has 3 aromatic rings. The van der Waals surface area contributed by atoms with Crippen molar-refractivity contribution in [3.05, 3.63) is 60.2 Å². The number of pyridine rings is 2. The summed E-state index contributed by atoms with van der Waals surface area (Å²) in [5.41, 5.74) is 3.67. The maximum atomic E-state index is 4.41. The maximum absolute atomic E-state index is 4.41. The first kappa shape index (κ1) is 13.5. The first-order chi connectivity index (χ1) is 10.9. The lowest BCUT2D eigenvalue weighted by atomic mass is 9.94. The molecule has 1 fully saturated rings. The largest absolute Gasteiger partial charge is 0.343 e. The molecule has 0 aromatic carbocycles. The quantitative estimate of drug-likeness (QED) is 0.805. The molecule has 3 aromatic heterocycles. The molecule has 0 radical (unpaired) electrons. The van der Waals surface area contributed by atoms with Gasteiger partial charge in [0.2, 0.25) is 0 Å². The summed E-state index contributed by atoms with van der Waals surface area (Å²) in [6.45, 7) is 3.30. The molecule has 4 nitrogen and oxygen atoms in total. The molecule has 1 aliphatic rings. The summed E-state index contributed by atoms with van der Waals surface area (Å²) in [4.78, 5) is 14.5. The Morgan fingerprint density at radius 2 is 2.09 bits per heavy atom. The lowest BCUT2D eigenvalue weighted by Gasteiger charge is -2.32. The van der Waals surface area contributed by atoms with E-state index in [0.29, 0.717) is 5.92 Å². The minimum Gasteiger partial charge on any atom is -0.343 e. The highest BCUT2D eigenvalue weighted by molar-refractivity contribution is 5.76. The summed E-state index contributed by atoms with van der Waals surface area (Å²) in [7, 11) is 0. The third kappa shape index (κ3) is 2.74. The second-order valence-electron chi connectivity index (χ2n) is 6.10. The number of aromatic nitrogens is 3. The zero-order valence-electron chi connectivity index (χ0n) is 12.6. The molecular weight excluding hydrogens is 272 g/mol. The smallest absolute Gasteiger partial charge is 0.137 e. The van der Waals surface area contributed by atoms with Crippen molar-refractivity contribution in [2.45, 2.75) is 25.3 Å². The van der Waals surface area contributed by atoms with Gasteiger partial charge in [0.15, 0.2) is 0 Å². The fourth-order valence-corrected chi connectivity index (χ4v) is 3.40. The van der Waals surface area contributed by atoms with Crippen LogP contribution in [0.2, 0.25) is 0 Å². The Morgan fingerprint density at radius 1 is 1.18 bits per heavy atom. The van der Waals surface area contributed by atoms with E-state index in [-0.39, 0.29) is 0 Å². The van der Waals surface area contributed by atoms with Crippen molar-refractivity contribution in [3.63, 3.8) is 0 Å². The predicted octanol–water partition coefficient (Wildman–Crippen LogP) is 3.34. The van der Waals surface area contributed by atoms with E-state index in [0.717, 1.165) is 18.7 Å². The van der Waals surface area contributed by atoms with Crippen LogP contribution in [0.25, 0.3) is 11.0 Å². The fraction of sp³-hybridized carbons (Fsp3) is 0.333. The Labute approximate surface area is 130 Å². The highest BCUT2D eigenvalue weighted by Gasteiger charge is 2.22. The first-order valence-corrected chi connectivity index (χ1v) is 7.93. The highest BCUT2D eigenvalue weighted by Crippen LogP contribution is 2.29. The average molecular weight is 292 g/mol. The zero-order valence-corrected chi connectivity index (χ0v) is 12.6. The molecular formula is C18H20N4. The topological polar surface area (TPSA) is 44.8 Å². The summed E-state index contributed by atoms with van der Waals surface area (Å²) in [6, 6.07) is 10.6. The van der Waals surface area contributed by atoms with Crippen LogP contribution in [0, 0.1) is 0 Å². The molecule has 1 N–H and O–H groups in total. The van der Waals surface area contributed by atoms with Gasteiger partial charge in [-0.2, -0.15) is 0 Å².